The van der Waals surface area contributed by atoms with Crippen LogP contribution in [-0.2, 0) is 42.7 Å². The van der Waals surface area contributed by atoms with Gasteiger partial charge in [0.25, 0.3) is 5.56 Å². The topological polar surface area (TPSA) is 58.4 Å². The van der Waals surface area contributed by atoms with Gasteiger partial charge >= 0.3 is 6.18 Å². The molecule has 6 nitrogen and oxygen atoms in total. The molecule has 4 aromatic rings. The van der Waals surface area contributed by atoms with Gasteiger partial charge in [-0.25, -0.2) is 4.39 Å². The maximum Gasteiger partial charge on any atom is 0.416 e. The number of amides is 1. The molecule has 0 saturated carbocycles. The molecule has 1 heterocycles. The Morgan fingerprint density at radius 2 is 1.67 bits per heavy atom. The summed E-state index contributed by atoms with van der Waals surface area (Å²) in [6.45, 7) is 7.17. The number of aromatic nitrogens is 2. The number of hydrogen-bond acceptors (Lipinski definition) is 5. The predicted octanol–water partition coefficient (Wildman–Crippen LogP) is 7.84. The fraction of sp³-hybridized carbons (Fsp3) is 0.395. The largest absolute Gasteiger partial charge is 0.416 e. The van der Waals surface area contributed by atoms with Gasteiger partial charge in [-0.1, -0.05) is 67.9 Å². The fourth-order valence-corrected chi connectivity index (χ4v) is 6.60. The molecule has 49 heavy (non-hydrogen) atoms. The average molecular weight is 705 g/mol. The van der Waals surface area contributed by atoms with Crippen molar-refractivity contribution >= 4 is 17.7 Å². The lowest BCUT2D eigenvalue weighted by molar-refractivity contribution is -0.138. The summed E-state index contributed by atoms with van der Waals surface area (Å²) in [5.41, 5.74) is -2.69. The number of thioether (sulfide) groups is 1. The molecule has 0 bridgehead atoms. The number of carbonyl (C=O) groups excluding carboxylic acids is 1. The Balaban J connectivity index is 1.58. The van der Waals surface area contributed by atoms with Gasteiger partial charge < -0.3 is 14.4 Å². The van der Waals surface area contributed by atoms with Gasteiger partial charge in [-0.2, -0.15) is 18.2 Å². The zero-order valence-electron chi connectivity index (χ0n) is 37.6. The van der Waals surface area contributed by atoms with E-state index in [-0.39, 0.29) is 58.8 Å². The van der Waals surface area contributed by atoms with Crippen molar-refractivity contribution in [2.24, 2.45) is 0 Å². The summed E-state index contributed by atoms with van der Waals surface area (Å²) in [6.07, 6.45) is -3.61. The van der Waals surface area contributed by atoms with E-state index in [1.807, 2.05) is 18.7 Å². The van der Waals surface area contributed by atoms with E-state index in [4.69, 9.17) is 13.7 Å². The van der Waals surface area contributed by atoms with Crippen LogP contribution in [0.15, 0.2) is 70.4 Å². The molecule has 3 aromatic carbocycles. The SMILES string of the molecule is [2H]c1c([2H])c(CSc2nc(=O)c3c(n2CC(=O)N(CCN(CC)CC)Cc2c([2H])c([2H])c(-c4c([2H])c([2H])c(C(F)(F)F)c(C)c4[2H])c(C)c2[2H])CCC3)c([2H])c([2H])c1F. The zero-order valence-corrected chi connectivity index (χ0v) is 28.4. The van der Waals surface area contributed by atoms with Crippen LogP contribution in [0.25, 0.3) is 11.1 Å². The number of alkyl halides is 3. The maximum atomic E-state index is 14.5. The monoisotopic (exact) mass is 704 g/mol. The van der Waals surface area contributed by atoms with Gasteiger partial charge in [0, 0.05) is 36.6 Å². The van der Waals surface area contributed by atoms with Crippen LogP contribution in [0.1, 0.15) is 73.1 Å². The van der Waals surface area contributed by atoms with Crippen LogP contribution in [-0.4, -0.2) is 51.4 Å². The molecular weight excluding hydrogens is 653 g/mol. The van der Waals surface area contributed by atoms with Crippen LogP contribution in [0.5, 0.6) is 0 Å². The second-order valence-corrected chi connectivity index (χ2v) is 12.5. The summed E-state index contributed by atoms with van der Waals surface area (Å²) in [5.74, 6) is -2.08. The van der Waals surface area contributed by atoms with E-state index in [0.717, 1.165) is 18.7 Å². The lowest BCUT2D eigenvalue weighted by Gasteiger charge is -2.28. The predicted molar refractivity (Wildman–Crippen MR) is 186 cm³/mol. The minimum atomic E-state index is -5.03. The Kier molecular flexibility index (Phi) is 8.04. The van der Waals surface area contributed by atoms with Crippen LogP contribution >= 0.6 is 11.8 Å². The van der Waals surface area contributed by atoms with Crippen LogP contribution in [0.2, 0.25) is 0 Å². The van der Waals surface area contributed by atoms with E-state index < -0.39 is 94.5 Å². The lowest BCUT2D eigenvalue weighted by atomic mass is 9.95. The summed E-state index contributed by atoms with van der Waals surface area (Å²) in [7, 11) is 0. The molecule has 1 aliphatic rings. The molecule has 0 spiro atoms. The third-order valence-electron chi connectivity index (χ3n) is 8.35. The second-order valence-electron chi connectivity index (χ2n) is 11.6. The van der Waals surface area contributed by atoms with Crippen molar-refractivity contribution in [3.63, 3.8) is 0 Å². The smallest absolute Gasteiger partial charge is 0.336 e. The fourth-order valence-electron chi connectivity index (χ4n) is 5.70. The molecule has 0 N–H and O–H groups in total. The average Bonchev–Trinajstić information content (AvgIpc) is 3.69. The van der Waals surface area contributed by atoms with E-state index in [1.165, 1.54) is 11.8 Å². The van der Waals surface area contributed by atoms with E-state index in [0.29, 0.717) is 50.2 Å². The minimum Gasteiger partial charge on any atom is -0.336 e. The molecule has 1 amide bonds. The highest BCUT2D eigenvalue weighted by atomic mass is 32.2. The van der Waals surface area contributed by atoms with Gasteiger partial charge in [0.15, 0.2) is 5.16 Å². The van der Waals surface area contributed by atoms with Gasteiger partial charge in [0.2, 0.25) is 5.91 Å². The Morgan fingerprint density at radius 3 is 2.37 bits per heavy atom. The summed E-state index contributed by atoms with van der Waals surface area (Å²) in [4.78, 5) is 35.3. The van der Waals surface area contributed by atoms with Crippen molar-refractivity contribution in [2.45, 2.75) is 77.1 Å². The van der Waals surface area contributed by atoms with E-state index in [2.05, 4.69) is 4.98 Å². The molecule has 0 radical (unpaired) electrons. The molecular formula is C38H42F4N4O2S. The standard InChI is InChI=1S/C38H42F4N4O2S/c1-5-44(6-2)18-19-45(22-28-12-16-31(25(3)20-28)29-13-17-33(26(4)21-29)38(40,41)42)35(47)23-46-34-9-7-8-32(34)36(48)43-37(46)49-24-27-10-14-30(39)15-11-27/h10-17,20-21H,5-9,18-19,22-24H2,1-4H3/i10D,11D,12D,13D,14D,15D,16D,17D,20D,21D. The van der Waals surface area contributed by atoms with Crippen LogP contribution < -0.4 is 5.56 Å². The number of carbonyl (C=O) groups is 1. The number of likely N-dealkylation sites (N-methyl/N-ethyl adjacent to an activating group) is 1. The minimum absolute atomic E-state index is 0.0335. The highest BCUT2D eigenvalue weighted by Gasteiger charge is 2.32. The van der Waals surface area contributed by atoms with Gasteiger partial charge in [-0.15, -0.1) is 0 Å². The van der Waals surface area contributed by atoms with Crippen LogP contribution in [0.4, 0.5) is 17.6 Å². The molecule has 260 valence electrons. The maximum absolute atomic E-state index is 14.5. The quantitative estimate of drug-likeness (QED) is 0.0807. The third-order valence-corrected chi connectivity index (χ3v) is 9.36. The molecule has 11 heteroatoms. The molecule has 0 aliphatic heterocycles. The molecule has 5 rings (SSSR count). The van der Waals surface area contributed by atoms with Gasteiger partial charge in [-0.3, -0.25) is 9.59 Å². The van der Waals surface area contributed by atoms with E-state index >= 15 is 0 Å². The normalized spacial score (nSPS) is 15.7. The third kappa shape index (κ3) is 8.80. The van der Waals surface area contributed by atoms with Crippen molar-refractivity contribution < 1.29 is 36.1 Å². The van der Waals surface area contributed by atoms with E-state index in [9.17, 15) is 27.2 Å². The van der Waals surface area contributed by atoms with Crippen LogP contribution in [0.3, 0.4) is 0 Å². The highest BCUT2D eigenvalue weighted by molar-refractivity contribution is 7.98. The van der Waals surface area contributed by atoms with E-state index in [1.54, 1.807) is 4.57 Å². The number of hydrogen-bond donors (Lipinski definition) is 0. The number of benzene rings is 3. The Bertz CT molecular complexity index is 2320. The Labute approximate surface area is 303 Å². The molecule has 0 unspecified atom stereocenters. The second kappa shape index (κ2) is 15.7. The zero-order chi connectivity index (χ0) is 44.0. The van der Waals surface area contributed by atoms with Crippen molar-refractivity contribution in [3.05, 3.63) is 116 Å². The van der Waals surface area contributed by atoms with Crippen LogP contribution in [0, 0.1) is 19.7 Å². The molecule has 1 aromatic heterocycles. The molecule has 1 aliphatic carbocycles. The summed E-state index contributed by atoms with van der Waals surface area (Å²) >= 11 is 0.882. The summed E-state index contributed by atoms with van der Waals surface area (Å²) < 4.78 is 142. The highest BCUT2D eigenvalue weighted by Crippen LogP contribution is 2.35. The first-order chi connectivity index (χ1) is 27.6. The number of fused-ring (bicyclic) bond motifs is 1. The number of nitrogens with zero attached hydrogens (tertiary/aromatic N) is 4. The van der Waals surface area contributed by atoms with Crippen molar-refractivity contribution in [3.8, 4) is 11.1 Å². The first-order valence-electron chi connectivity index (χ1n) is 20.9. The van der Waals surface area contributed by atoms with Crippen molar-refractivity contribution in [1.82, 2.24) is 19.4 Å². The van der Waals surface area contributed by atoms with Gasteiger partial charge in [0.05, 0.1) is 19.3 Å². The number of halogens is 4. The first-order valence-corrected chi connectivity index (χ1v) is 16.8. The molecule has 0 fully saturated rings. The van der Waals surface area contributed by atoms with Gasteiger partial charge in [0.1, 0.15) is 12.4 Å². The van der Waals surface area contributed by atoms with Crippen molar-refractivity contribution in [2.75, 3.05) is 26.2 Å². The summed E-state index contributed by atoms with van der Waals surface area (Å²) in [6, 6.07) is -7.31. The Morgan fingerprint density at radius 1 is 0.959 bits per heavy atom. The first kappa shape index (κ1) is 25.1. The number of rotatable bonds is 13. The lowest BCUT2D eigenvalue weighted by Crippen LogP contribution is -2.40. The van der Waals surface area contributed by atoms with Gasteiger partial charge in [-0.05, 0) is 97.7 Å². The van der Waals surface area contributed by atoms with Crippen molar-refractivity contribution in [1.29, 1.82) is 0 Å². The summed E-state index contributed by atoms with van der Waals surface area (Å²) in [5, 5.41) is 0.0443. The molecule has 0 atom stereocenters. The Hall–Kier alpha value is -3.96. The molecule has 0 saturated heterocycles.